The van der Waals surface area contributed by atoms with Crippen molar-refractivity contribution in [2.75, 3.05) is 6.54 Å². The van der Waals surface area contributed by atoms with Gasteiger partial charge in [-0.3, -0.25) is 9.78 Å². The molecule has 0 N–H and O–H groups in total. The van der Waals surface area contributed by atoms with Crippen LogP contribution in [0, 0.1) is 0 Å². The summed E-state index contributed by atoms with van der Waals surface area (Å²) in [5.41, 5.74) is 4.60. The van der Waals surface area contributed by atoms with E-state index in [9.17, 15) is 4.79 Å². The van der Waals surface area contributed by atoms with E-state index >= 15 is 0 Å². The minimum absolute atomic E-state index is 0.131. The number of nitrogens with zero attached hydrogens (tertiary/aromatic N) is 3. The Balaban J connectivity index is 0.000000531. The summed E-state index contributed by atoms with van der Waals surface area (Å²) >= 11 is 6.04. The number of hydrogen-bond acceptors (Lipinski definition) is 2. The van der Waals surface area contributed by atoms with Crippen LogP contribution < -0.4 is 0 Å². The molecular weight excluding hydrogens is 370 g/mol. The maximum Gasteiger partial charge on any atom is 0.271 e. The molecule has 0 spiro atoms. The van der Waals surface area contributed by atoms with E-state index in [0.29, 0.717) is 11.1 Å². The molecule has 1 saturated carbocycles. The first-order valence-corrected chi connectivity index (χ1v) is 10.7. The summed E-state index contributed by atoms with van der Waals surface area (Å²) in [6, 6.07) is 12.1. The van der Waals surface area contributed by atoms with Gasteiger partial charge in [0, 0.05) is 35.9 Å². The highest BCUT2D eigenvalue weighted by Crippen LogP contribution is 2.39. The number of halogens is 1. The van der Waals surface area contributed by atoms with Crippen molar-refractivity contribution >= 4 is 28.5 Å². The first kappa shape index (κ1) is 20.4. The Hall–Kier alpha value is -2.33. The van der Waals surface area contributed by atoms with Gasteiger partial charge in [0.05, 0.1) is 11.0 Å². The zero-order valence-electron chi connectivity index (χ0n) is 17.1. The molecule has 1 aromatic carbocycles. The van der Waals surface area contributed by atoms with Crippen LogP contribution in [-0.2, 0) is 6.54 Å². The largest absolute Gasteiger partial charge is 0.333 e. The summed E-state index contributed by atoms with van der Waals surface area (Å²) in [4.78, 5) is 19.8. The van der Waals surface area contributed by atoms with Crippen molar-refractivity contribution in [2.45, 2.75) is 53.1 Å². The van der Waals surface area contributed by atoms with Crippen LogP contribution in [0.15, 0.2) is 42.6 Å². The highest BCUT2D eigenvalue weighted by atomic mass is 35.5. The van der Waals surface area contributed by atoms with E-state index in [0.717, 1.165) is 53.8 Å². The number of rotatable bonds is 2. The van der Waals surface area contributed by atoms with Gasteiger partial charge < -0.3 is 9.47 Å². The standard InChI is InChI=1S/C19H16ClN3O.2C2H6/c20-13-5-3-12(4-6-13)16-17-15(2-1-9-21-17)23-11-10-22(14-7-8-14)19(24)18(16)23;2*1-2/h1-6,9,14H,7-8,10-11H2;2*1-2H3. The number of aromatic nitrogens is 2. The first-order chi connectivity index (χ1) is 13.7. The van der Waals surface area contributed by atoms with Crippen LogP contribution >= 0.6 is 11.6 Å². The Morgan fingerprint density at radius 2 is 1.68 bits per heavy atom. The average molecular weight is 398 g/mol. The van der Waals surface area contributed by atoms with Gasteiger partial charge in [0.2, 0.25) is 0 Å². The molecule has 4 nitrogen and oxygen atoms in total. The van der Waals surface area contributed by atoms with Gasteiger partial charge in [-0.15, -0.1) is 0 Å². The zero-order valence-corrected chi connectivity index (χ0v) is 17.8. The molecule has 1 amide bonds. The molecule has 148 valence electrons. The van der Waals surface area contributed by atoms with Gasteiger partial charge in [-0.2, -0.15) is 0 Å². The molecular formula is C23H28ClN3O. The van der Waals surface area contributed by atoms with Gasteiger partial charge >= 0.3 is 0 Å². The smallest absolute Gasteiger partial charge is 0.271 e. The molecule has 1 aliphatic carbocycles. The van der Waals surface area contributed by atoms with E-state index in [2.05, 4.69) is 9.55 Å². The van der Waals surface area contributed by atoms with Crippen molar-refractivity contribution in [3.63, 3.8) is 0 Å². The third kappa shape index (κ3) is 3.53. The Bertz CT molecular complexity index is 958. The lowest BCUT2D eigenvalue weighted by atomic mass is 10.0. The van der Waals surface area contributed by atoms with Crippen molar-refractivity contribution in [1.82, 2.24) is 14.5 Å². The molecule has 3 heterocycles. The number of carbonyl (C=O) groups is 1. The lowest BCUT2D eigenvalue weighted by Gasteiger charge is -2.29. The quantitative estimate of drug-likeness (QED) is 0.529. The maximum atomic E-state index is 13.2. The molecule has 0 atom stereocenters. The van der Waals surface area contributed by atoms with Gasteiger partial charge in [0.25, 0.3) is 5.91 Å². The molecule has 1 aliphatic heterocycles. The molecule has 1 fully saturated rings. The normalized spacial score (nSPS) is 15.3. The highest BCUT2D eigenvalue weighted by molar-refractivity contribution is 6.30. The second-order valence-electron chi connectivity index (χ2n) is 6.48. The molecule has 2 aliphatic rings. The molecule has 5 rings (SSSR count). The molecule has 0 saturated heterocycles. The van der Waals surface area contributed by atoms with Crippen molar-refractivity contribution in [1.29, 1.82) is 0 Å². The van der Waals surface area contributed by atoms with Gasteiger partial charge in [-0.05, 0) is 42.7 Å². The van der Waals surface area contributed by atoms with Crippen LogP contribution in [0.5, 0.6) is 0 Å². The van der Waals surface area contributed by atoms with E-state index < -0.39 is 0 Å². The van der Waals surface area contributed by atoms with Crippen molar-refractivity contribution in [3.05, 3.63) is 53.3 Å². The Morgan fingerprint density at radius 3 is 2.32 bits per heavy atom. The van der Waals surface area contributed by atoms with E-state index in [1.807, 2.05) is 69.0 Å². The third-order valence-corrected chi connectivity index (χ3v) is 5.22. The fourth-order valence-electron chi connectivity index (χ4n) is 3.70. The summed E-state index contributed by atoms with van der Waals surface area (Å²) in [6.45, 7) is 9.61. The Morgan fingerprint density at radius 1 is 1.00 bits per heavy atom. The second-order valence-corrected chi connectivity index (χ2v) is 6.92. The summed E-state index contributed by atoms with van der Waals surface area (Å²) < 4.78 is 2.13. The predicted octanol–water partition coefficient (Wildman–Crippen LogP) is 6.03. The van der Waals surface area contributed by atoms with Crippen LogP contribution in [-0.4, -0.2) is 32.9 Å². The third-order valence-electron chi connectivity index (χ3n) is 4.97. The van der Waals surface area contributed by atoms with Crippen LogP contribution in [0.2, 0.25) is 5.02 Å². The van der Waals surface area contributed by atoms with E-state index in [4.69, 9.17) is 11.6 Å². The molecule has 0 unspecified atom stereocenters. The number of pyridine rings is 1. The lowest BCUT2D eigenvalue weighted by molar-refractivity contribution is 0.0694. The topological polar surface area (TPSA) is 38.1 Å². The number of carbonyl (C=O) groups excluding carboxylic acids is 1. The summed E-state index contributed by atoms with van der Waals surface area (Å²) in [5, 5.41) is 0.690. The summed E-state index contributed by atoms with van der Waals surface area (Å²) in [7, 11) is 0. The second kappa shape index (κ2) is 8.78. The van der Waals surface area contributed by atoms with Crippen LogP contribution in [0.3, 0.4) is 0 Å². The molecule has 0 radical (unpaired) electrons. The fourth-order valence-corrected chi connectivity index (χ4v) is 3.83. The lowest BCUT2D eigenvalue weighted by Crippen LogP contribution is -2.41. The van der Waals surface area contributed by atoms with Crippen molar-refractivity contribution in [2.24, 2.45) is 0 Å². The van der Waals surface area contributed by atoms with Gasteiger partial charge in [-0.25, -0.2) is 0 Å². The minimum atomic E-state index is 0.131. The molecule has 5 heteroatoms. The maximum absolute atomic E-state index is 13.2. The number of benzene rings is 1. The average Bonchev–Trinajstić information content (AvgIpc) is 3.54. The van der Waals surface area contributed by atoms with Crippen molar-refractivity contribution < 1.29 is 4.79 Å². The van der Waals surface area contributed by atoms with Gasteiger partial charge in [-0.1, -0.05) is 51.4 Å². The Kier molecular flexibility index (Phi) is 6.40. The van der Waals surface area contributed by atoms with Gasteiger partial charge in [0.1, 0.15) is 5.69 Å². The highest BCUT2D eigenvalue weighted by Gasteiger charge is 2.39. The van der Waals surface area contributed by atoms with Crippen molar-refractivity contribution in [3.8, 4) is 11.1 Å². The van der Waals surface area contributed by atoms with E-state index in [-0.39, 0.29) is 5.91 Å². The molecule has 28 heavy (non-hydrogen) atoms. The molecule has 2 aromatic heterocycles. The predicted molar refractivity (Wildman–Crippen MR) is 117 cm³/mol. The monoisotopic (exact) mass is 397 g/mol. The van der Waals surface area contributed by atoms with Crippen LogP contribution in [0.1, 0.15) is 51.0 Å². The van der Waals surface area contributed by atoms with E-state index in [1.54, 1.807) is 6.20 Å². The zero-order chi connectivity index (χ0) is 20.3. The fraction of sp³-hybridized carbons (Fsp3) is 0.391. The Labute approximate surface area is 172 Å². The number of fused-ring (bicyclic) bond motifs is 3. The van der Waals surface area contributed by atoms with E-state index in [1.165, 1.54) is 0 Å². The number of hydrogen-bond donors (Lipinski definition) is 0. The molecule has 3 aromatic rings. The summed E-state index contributed by atoms with van der Waals surface area (Å²) in [5.74, 6) is 0.131. The van der Waals surface area contributed by atoms with Gasteiger partial charge in [0.15, 0.2) is 0 Å². The minimum Gasteiger partial charge on any atom is -0.333 e. The number of amides is 1. The first-order valence-electron chi connectivity index (χ1n) is 10.3. The van der Waals surface area contributed by atoms with Crippen LogP contribution in [0.4, 0.5) is 0 Å². The van der Waals surface area contributed by atoms with Crippen LogP contribution in [0.25, 0.3) is 22.2 Å². The SMILES string of the molecule is CC.CC.O=C1c2c(-c3ccc(Cl)cc3)c3ncccc3n2CCN1C1CC1. The summed E-state index contributed by atoms with van der Waals surface area (Å²) in [6.07, 6.45) is 4.04. The molecule has 0 bridgehead atoms.